The van der Waals surface area contributed by atoms with Gasteiger partial charge < -0.3 is 5.73 Å². The van der Waals surface area contributed by atoms with Gasteiger partial charge in [0.05, 0.1) is 5.01 Å². The number of aromatic nitrogens is 1. The fourth-order valence-electron chi connectivity index (χ4n) is 2.88. The van der Waals surface area contributed by atoms with Crippen LogP contribution in [-0.4, -0.2) is 10.5 Å². The van der Waals surface area contributed by atoms with Gasteiger partial charge in [-0.25, -0.2) is 4.98 Å². The molecule has 1 heterocycles. The summed E-state index contributed by atoms with van der Waals surface area (Å²) in [6, 6.07) is 0. The van der Waals surface area contributed by atoms with Crippen LogP contribution in [0.1, 0.15) is 51.5 Å². The van der Waals surface area contributed by atoms with Crippen LogP contribution < -0.4 is 5.73 Å². The lowest BCUT2D eigenvalue weighted by molar-refractivity contribution is 0.134. The van der Waals surface area contributed by atoms with Crippen molar-refractivity contribution < 1.29 is 0 Å². The zero-order chi connectivity index (χ0) is 12.5. The lowest BCUT2D eigenvalue weighted by Crippen LogP contribution is -2.46. The Morgan fingerprint density at radius 3 is 2.53 bits per heavy atom. The van der Waals surface area contributed by atoms with Gasteiger partial charge in [-0.3, -0.25) is 0 Å². The summed E-state index contributed by atoms with van der Waals surface area (Å²) in [5.41, 5.74) is 6.96. The normalized spacial score (nSPS) is 30.5. The highest BCUT2D eigenvalue weighted by molar-refractivity contribution is 7.09. The number of thiazole rings is 1. The molecule has 0 bridgehead atoms. The SMILES string of the molecule is CC(C)(C)C1CCC(N)(Cc2nccs2)CC1. The molecule has 0 spiro atoms. The lowest BCUT2D eigenvalue weighted by Gasteiger charge is -2.41. The van der Waals surface area contributed by atoms with Gasteiger partial charge in [0.15, 0.2) is 0 Å². The first-order chi connectivity index (χ1) is 7.89. The Hall–Kier alpha value is -0.410. The van der Waals surface area contributed by atoms with Crippen molar-refractivity contribution >= 4 is 11.3 Å². The third-order valence-electron chi connectivity index (χ3n) is 4.19. The topological polar surface area (TPSA) is 38.9 Å². The minimum Gasteiger partial charge on any atom is -0.325 e. The Kier molecular flexibility index (Phi) is 3.60. The van der Waals surface area contributed by atoms with Gasteiger partial charge in [0, 0.05) is 23.5 Å². The molecule has 2 N–H and O–H groups in total. The first-order valence-corrected chi connectivity index (χ1v) is 7.44. The van der Waals surface area contributed by atoms with E-state index in [2.05, 4.69) is 25.8 Å². The number of hydrogen-bond acceptors (Lipinski definition) is 3. The molecule has 1 fully saturated rings. The van der Waals surface area contributed by atoms with Gasteiger partial charge in [0.2, 0.25) is 0 Å². The molecule has 0 aromatic carbocycles. The monoisotopic (exact) mass is 252 g/mol. The number of nitrogens with two attached hydrogens (primary N) is 1. The number of nitrogens with zero attached hydrogens (tertiary/aromatic N) is 1. The fraction of sp³-hybridized carbons (Fsp3) is 0.786. The van der Waals surface area contributed by atoms with Gasteiger partial charge in [-0.15, -0.1) is 11.3 Å². The number of rotatable bonds is 2. The van der Waals surface area contributed by atoms with Crippen molar-refractivity contribution in [1.29, 1.82) is 0 Å². The highest BCUT2D eigenvalue weighted by Gasteiger charge is 2.36. The molecule has 0 atom stereocenters. The second kappa shape index (κ2) is 4.69. The second-order valence-electron chi connectivity index (χ2n) is 6.61. The minimum absolute atomic E-state index is 0.000394. The van der Waals surface area contributed by atoms with Crippen molar-refractivity contribution in [1.82, 2.24) is 4.98 Å². The van der Waals surface area contributed by atoms with Gasteiger partial charge in [0.25, 0.3) is 0 Å². The zero-order valence-electron chi connectivity index (χ0n) is 11.2. The van der Waals surface area contributed by atoms with E-state index in [0.29, 0.717) is 5.41 Å². The Labute approximate surface area is 109 Å². The summed E-state index contributed by atoms with van der Waals surface area (Å²) in [5.74, 6) is 0.829. The standard InChI is InChI=1S/C14H24N2S/c1-13(2,3)11-4-6-14(15,7-5-11)10-12-16-8-9-17-12/h8-9,11H,4-7,10,15H2,1-3H3. The Bertz CT molecular complexity index is 343. The van der Waals surface area contributed by atoms with Gasteiger partial charge >= 0.3 is 0 Å². The maximum absolute atomic E-state index is 6.52. The molecule has 0 saturated heterocycles. The zero-order valence-corrected chi connectivity index (χ0v) is 12.0. The molecule has 96 valence electrons. The van der Waals surface area contributed by atoms with E-state index in [-0.39, 0.29) is 5.54 Å². The van der Waals surface area contributed by atoms with Crippen LogP contribution in [0.15, 0.2) is 11.6 Å². The summed E-state index contributed by atoms with van der Waals surface area (Å²) < 4.78 is 0. The molecule has 0 radical (unpaired) electrons. The molecular weight excluding hydrogens is 228 g/mol. The third-order valence-corrected chi connectivity index (χ3v) is 4.97. The van der Waals surface area contributed by atoms with Crippen LogP contribution in [0.2, 0.25) is 0 Å². The van der Waals surface area contributed by atoms with E-state index in [1.54, 1.807) is 11.3 Å². The molecule has 1 aliphatic rings. The smallest absolute Gasteiger partial charge is 0.0943 e. The van der Waals surface area contributed by atoms with Crippen LogP contribution in [0.5, 0.6) is 0 Å². The molecule has 1 saturated carbocycles. The predicted molar refractivity (Wildman–Crippen MR) is 74.1 cm³/mol. The van der Waals surface area contributed by atoms with Crippen molar-refractivity contribution in [2.75, 3.05) is 0 Å². The van der Waals surface area contributed by atoms with Gasteiger partial charge in [0.1, 0.15) is 0 Å². The second-order valence-corrected chi connectivity index (χ2v) is 7.58. The highest BCUT2D eigenvalue weighted by Crippen LogP contribution is 2.41. The van der Waals surface area contributed by atoms with Crippen LogP contribution in [0, 0.1) is 11.3 Å². The summed E-state index contributed by atoms with van der Waals surface area (Å²) in [7, 11) is 0. The van der Waals surface area contributed by atoms with E-state index in [4.69, 9.17) is 5.73 Å². The van der Waals surface area contributed by atoms with E-state index < -0.39 is 0 Å². The maximum atomic E-state index is 6.52. The molecule has 0 aliphatic heterocycles. The molecule has 0 unspecified atom stereocenters. The molecule has 0 amide bonds. The summed E-state index contributed by atoms with van der Waals surface area (Å²) in [5, 5.41) is 3.24. The Morgan fingerprint density at radius 1 is 1.41 bits per heavy atom. The van der Waals surface area contributed by atoms with E-state index in [1.807, 2.05) is 11.6 Å². The first kappa shape index (κ1) is 13.0. The lowest BCUT2D eigenvalue weighted by atomic mass is 9.67. The van der Waals surface area contributed by atoms with Crippen molar-refractivity contribution in [3.05, 3.63) is 16.6 Å². The van der Waals surface area contributed by atoms with Crippen LogP contribution >= 0.6 is 11.3 Å². The Balaban J connectivity index is 1.93. The predicted octanol–water partition coefficient (Wildman–Crippen LogP) is 3.62. The van der Waals surface area contributed by atoms with E-state index in [1.165, 1.54) is 17.8 Å². The summed E-state index contributed by atoms with van der Waals surface area (Å²) in [6.45, 7) is 7.05. The van der Waals surface area contributed by atoms with Crippen molar-refractivity contribution in [3.8, 4) is 0 Å². The van der Waals surface area contributed by atoms with Gasteiger partial charge in [-0.05, 0) is 37.0 Å². The summed E-state index contributed by atoms with van der Waals surface area (Å²) in [6.07, 6.45) is 7.67. The van der Waals surface area contributed by atoms with E-state index in [0.717, 1.165) is 25.2 Å². The van der Waals surface area contributed by atoms with Crippen LogP contribution in [0.3, 0.4) is 0 Å². The van der Waals surface area contributed by atoms with Crippen molar-refractivity contribution in [3.63, 3.8) is 0 Å². The molecular formula is C14H24N2S. The van der Waals surface area contributed by atoms with Gasteiger partial charge in [-0.2, -0.15) is 0 Å². The van der Waals surface area contributed by atoms with Crippen LogP contribution in [0.25, 0.3) is 0 Å². The maximum Gasteiger partial charge on any atom is 0.0943 e. The largest absolute Gasteiger partial charge is 0.325 e. The molecule has 2 nitrogen and oxygen atoms in total. The average Bonchev–Trinajstić information content (AvgIpc) is 2.68. The summed E-state index contributed by atoms with van der Waals surface area (Å²) in [4.78, 5) is 4.36. The van der Waals surface area contributed by atoms with Crippen LogP contribution in [-0.2, 0) is 6.42 Å². The Morgan fingerprint density at radius 2 is 2.06 bits per heavy atom. The van der Waals surface area contributed by atoms with Gasteiger partial charge in [-0.1, -0.05) is 20.8 Å². The van der Waals surface area contributed by atoms with E-state index in [9.17, 15) is 0 Å². The molecule has 2 rings (SSSR count). The van der Waals surface area contributed by atoms with E-state index >= 15 is 0 Å². The van der Waals surface area contributed by atoms with Crippen molar-refractivity contribution in [2.45, 2.75) is 58.4 Å². The number of hydrogen-bond donors (Lipinski definition) is 1. The molecule has 17 heavy (non-hydrogen) atoms. The molecule has 3 heteroatoms. The quantitative estimate of drug-likeness (QED) is 0.873. The van der Waals surface area contributed by atoms with Crippen LogP contribution in [0.4, 0.5) is 0 Å². The highest BCUT2D eigenvalue weighted by atomic mass is 32.1. The molecule has 1 aromatic heterocycles. The first-order valence-electron chi connectivity index (χ1n) is 6.56. The molecule has 1 aromatic rings. The van der Waals surface area contributed by atoms with Crippen molar-refractivity contribution in [2.24, 2.45) is 17.1 Å². The minimum atomic E-state index is -0.000394. The molecule has 1 aliphatic carbocycles. The fourth-order valence-corrected chi connectivity index (χ4v) is 3.65. The average molecular weight is 252 g/mol. The summed E-state index contributed by atoms with van der Waals surface area (Å²) >= 11 is 1.73. The third kappa shape index (κ3) is 3.29.